The van der Waals surface area contributed by atoms with Crippen LogP contribution in [0.5, 0.6) is 17.2 Å². The van der Waals surface area contributed by atoms with E-state index in [1.54, 1.807) is 24.5 Å². The van der Waals surface area contributed by atoms with Crippen molar-refractivity contribution >= 4 is 23.0 Å². The Morgan fingerprint density at radius 1 is 1.30 bits per heavy atom. The van der Waals surface area contributed by atoms with E-state index in [1.165, 1.54) is 32.6 Å². The van der Waals surface area contributed by atoms with Gasteiger partial charge in [0.1, 0.15) is 11.3 Å². The summed E-state index contributed by atoms with van der Waals surface area (Å²) in [4.78, 5) is 31.0. The first-order valence-corrected chi connectivity index (χ1v) is 7.79. The van der Waals surface area contributed by atoms with Crippen LogP contribution in [0.15, 0.2) is 46.6 Å². The Morgan fingerprint density at radius 2 is 2.04 bits per heavy atom. The number of H-pyrrole nitrogens is 1. The molecule has 3 N–H and O–H groups in total. The third-order valence-corrected chi connectivity index (χ3v) is 3.78. The van der Waals surface area contributed by atoms with Gasteiger partial charge in [-0.3, -0.25) is 14.6 Å². The van der Waals surface area contributed by atoms with Crippen molar-refractivity contribution in [1.82, 2.24) is 15.4 Å². The first-order valence-electron chi connectivity index (χ1n) is 7.79. The van der Waals surface area contributed by atoms with E-state index in [9.17, 15) is 14.7 Å². The topological polar surface area (TPSA) is 126 Å². The summed E-state index contributed by atoms with van der Waals surface area (Å²) in [6.45, 7) is 0. The molecule has 9 heteroatoms. The highest BCUT2D eigenvalue weighted by molar-refractivity contribution is 6.02. The lowest BCUT2D eigenvalue weighted by molar-refractivity contribution is 0.0951. The van der Waals surface area contributed by atoms with E-state index in [0.717, 1.165) is 0 Å². The molecule has 138 valence electrons. The van der Waals surface area contributed by atoms with Crippen molar-refractivity contribution in [3.05, 3.63) is 58.1 Å². The monoisotopic (exact) mass is 368 g/mol. The second-order valence-electron chi connectivity index (χ2n) is 5.42. The molecule has 0 atom stereocenters. The van der Waals surface area contributed by atoms with Crippen LogP contribution in [0.3, 0.4) is 0 Å². The zero-order chi connectivity index (χ0) is 19.4. The largest absolute Gasteiger partial charge is 0.506 e. The standard InChI is InChI=1S/C18H16N4O5/c1-26-13-6-11-12(7-14(13)27-2)21-17(24)15(16(11)23)18(25)22-20-9-10-4-3-5-19-8-10/h3-9H,1-2H3,(H,22,25)(H2,21,23,24)/b20-9-. The maximum Gasteiger partial charge on any atom is 0.280 e. The van der Waals surface area contributed by atoms with Gasteiger partial charge in [0, 0.05) is 29.4 Å². The molecule has 0 saturated heterocycles. The van der Waals surface area contributed by atoms with Crippen molar-refractivity contribution < 1.29 is 19.4 Å². The van der Waals surface area contributed by atoms with Gasteiger partial charge in [-0.2, -0.15) is 5.10 Å². The number of hydrogen-bond acceptors (Lipinski definition) is 7. The summed E-state index contributed by atoms with van der Waals surface area (Å²) in [5.74, 6) is -0.624. The summed E-state index contributed by atoms with van der Waals surface area (Å²) >= 11 is 0. The van der Waals surface area contributed by atoms with Crippen LogP contribution in [0.25, 0.3) is 10.9 Å². The Hall–Kier alpha value is -3.88. The first kappa shape index (κ1) is 17.9. The predicted molar refractivity (Wildman–Crippen MR) is 98.6 cm³/mol. The lowest BCUT2D eigenvalue weighted by Crippen LogP contribution is -2.26. The van der Waals surface area contributed by atoms with Gasteiger partial charge in [-0.25, -0.2) is 5.43 Å². The third-order valence-electron chi connectivity index (χ3n) is 3.78. The van der Waals surface area contributed by atoms with E-state index in [-0.39, 0.29) is 5.39 Å². The molecule has 0 bridgehead atoms. The molecule has 9 nitrogen and oxygen atoms in total. The first-order chi connectivity index (χ1) is 13.0. The van der Waals surface area contributed by atoms with Crippen LogP contribution in [0.2, 0.25) is 0 Å². The minimum absolute atomic E-state index is 0.230. The third kappa shape index (κ3) is 3.56. The molecular weight excluding hydrogens is 352 g/mol. The molecule has 0 saturated carbocycles. The predicted octanol–water partition coefficient (Wildman–Crippen LogP) is 1.41. The molecule has 0 fully saturated rings. The number of carbonyl (C=O) groups excluding carboxylic acids is 1. The summed E-state index contributed by atoms with van der Waals surface area (Å²) in [5, 5.41) is 14.5. The van der Waals surface area contributed by atoms with E-state index in [1.807, 2.05) is 0 Å². The molecule has 1 aromatic carbocycles. The number of aromatic hydroxyl groups is 1. The smallest absolute Gasteiger partial charge is 0.280 e. The molecule has 0 aliphatic heterocycles. The Kier molecular flexibility index (Phi) is 5.02. The Bertz CT molecular complexity index is 1080. The number of ether oxygens (including phenoxy) is 2. The van der Waals surface area contributed by atoms with Gasteiger partial charge in [-0.15, -0.1) is 0 Å². The van der Waals surface area contributed by atoms with Crippen LogP contribution in [0, 0.1) is 0 Å². The van der Waals surface area contributed by atoms with Crippen LogP contribution in [0.4, 0.5) is 0 Å². The minimum Gasteiger partial charge on any atom is -0.506 e. The van der Waals surface area contributed by atoms with Crippen molar-refractivity contribution in [2.75, 3.05) is 14.2 Å². The number of pyridine rings is 2. The molecule has 3 aromatic rings. The second kappa shape index (κ2) is 7.56. The number of amides is 1. The molecule has 0 aliphatic rings. The fourth-order valence-electron chi connectivity index (χ4n) is 2.49. The number of nitrogens with zero attached hydrogens (tertiary/aromatic N) is 2. The van der Waals surface area contributed by atoms with Crippen LogP contribution >= 0.6 is 0 Å². The van der Waals surface area contributed by atoms with Crippen LogP contribution in [0.1, 0.15) is 15.9 Å². The molecule has 27 heavy (non-hydrogen) atoms. The fraction of sp³-hybridized carbons (Fsp3) is 0.111. The van der Waals surface area contributed by atoms with Crippen LogP contribution < -0.4 is 20.5 Å². The molecule has 0 radical (unpaired) electrons. The van der Waals surface area contributed by atoms with Crippen molar-refractivity contribution in [2.45, 2.75) is 0 Å². The summed E-state index contributed by atoms with van der Waals surface area (Å²) < 4.78 is 10.4. The molecule has 3 rings (SSSR count). The average Bonchev–Trinajstić information content (AvgIpc) is 2.68. The number of carbonyl (C=O) groups is 1. The van der Waals surface area contributed by atoms with Gasteiger partial charge in [-0.1, -0.05) is 6.07 Å². The summed E-state index contributed by atoms with van der Waals surface area (Å²) in [6.07, 6.45) is 4.52. The van der Waals surface area contributed by atoms with E-state index in [4.69, 9.17) is 9.47 Å². The lowest BCUT2D eigenvalue weighted by atomic mass is 10.1. The summed E-state index contributed by atoms with van der Waals surface area (Å²) in [5.41, 5.74) is 1.94. The lowest BCUT2D eigenvalue weighted by Gasteiger charge is -2.11. The van der Waals surface area contributed by atoms with Gasteiger partial charge in [0.15, 0.2) is 11.5 Å². The Morgan fingerprint density at radius 3 is 2.70 bits per heavy atom. The maximum atomic E-state index is 12.3. The Labute approximate surface area is 153 Å². The zero-order valence-electron chi connectivity index (χ0n) is 14.5. The van der Waals surface area contributed by atoms with Gasteiger partial charge in [0.05, 0.1) is 26.0 Å². The number of hydrogen-bond donors (Lipinski definition) is 3. The molecule has 0 spiro atoms. The van der Waals surface area contributed by atoms with E-state index in [2.05, 4.69) is 20.5 Å². The second-order valence-corrected chi connectivity index (χ2v) is 5.42. The normalized spacial score (nSPS) is 10.9. The highest BCUT2D eigenvalue weighted by Crippen LogP contribution is 2.35. The number of aromatic nitrogens is 2. The number of nitrogens with one attached hydrogen (secondary N) is 2. The fourth-order valence-corrected chi connectivity index (χ4v) is 2.49. The number of benzene rings is 1. The molecule has 2 heterocycles. The SMILES string of the molecule is COc1cc2[nH]c(=O)c(C(=O)N/N=C\c3cccnc3)c(O)c2cc1OC. The van der Waals surface area contributed by atoms with E-state index in [0.29, 0.717) is 22.6 Å². The molecule has 1 amide bonds. The number of aromatic amines is 1. The van der Waals surface area contributed by atoms with Crippen molar-refractivity contribution in [1.29, 1.82) is 0 Å². The number of fused-ring (bicyclic) bond motifs is 1. The Balaban J connectivity index is 1.97. The summed E-state index contributed by atoms with van der Waals surface area (Å²) in [6, 6.07) is 6.42. The maximum absolute atomic E-state index is 12.3. The zero-order valence-corrected chi connectivity index (χ0v) is 14.5. The van der Waals surface area contributed by atoms with E-state index >= 15 is 0 Å². The van der Waals surface area contributed by atoms with Crippen LogP contribution in [-0.4, -0.2) is 41.4 Å². The van der Waals surface area contributed by atoms with Crippen molar-refractivity contribution in [3.63, 3.8) is 0 Å². The van der Waals surface area contributed by atoms with Gasteiger partial charge in [0.25, 0.3) is 11.5 Å². The van der Waals surface area contributed by atoms with E-state index < -0.39 is 22.8 Å². The molecule has 0 aliphatic carbocycles. The highest BCUT2D eigenvalue weighted by Gasteiger charge is 2.20. The summed E-state index contributed by atoms with van der Waals surface area (Å²) in [7, 11) is 2.89. The molecular formula is C18H16N4O5. The van der Waals surface area contributed by atoms with Gasteiger partial charge < -0.3 is 19.6 Å². The minimum atomic E-state index is -0.856. The van der Waals surface area contributed by atoms with Crippen LogP contribution in [-0.2, 0) is 0 Å². The van der Waals surface area contributed by atoms with Gasteiger partial charge in [-0.05, 0) is 12.1 Å². The highest BCUT2D eigenvalue weighted by atomic mass is 16.5. The quantitative estimate of drug-likeness (QED) is 0.462. The van der Waals surface area contributed by atoms with Crippen molar-refractivity contribution in [3.8, 4) is 17.2 Å². The number of rotatable bonds is 5. The number of methoxy groups -OCH3 is 2. The average molecular weight is 368 g/mol. The number of hydrazone groups is 1. The van der Waals surface area contributed by atoms with Gasteiger partial charge in [0.2, 0.25) is 0 Å². The molecule has 0 unspecified atom stereocenters. The van der Waals surface area contributed by atoms with Crippen molar-refractivity contribution in [2.24, 2.45) is 5.10 Å². The molecule has 2 aromatic heterocycles. The van der Waals surface area contributed by atoms with Gasteiger partial charge >= 0.3 is 0 Å².